The van der Waals surface area contributed by atoms with E-state index in [1.54, 1.807) is 30.3 Å². The molecule has 0 atom stereocenters. The Morgan fingerprint density at radius 3 is 2.36 bits per heavy atom. The van der Waals surface area contributed by atoms with Gasteiger partial charge in [0.05, 0.1) is 5.69 Å². The van der Waals surface area contributed by atoms with Crippen LogP contribution in [0.4, 0.5) is 5.69 Å². The molecular weight excluding hydrogens is 142 g/mol. The molecule has 0 bridgehead atoms. The monoisotopic (exact) mass is 148 g/mol. The van der Waals surface area contributed by atoms with Gasteiger partial charge in [0.1, 0.15) is 0 Å². The minimum Gasteiger partial charge on any atom is -0.278 e. The van der Waals surface area contributed by atoms with Gasteiger partial charge in [0.25, 0.3) is 0 Å². The highest BCUT2D eigenvalue weighted by Crippen LogP contribution is 2.08. The van der Waals surface area contributed by atoms with Gasteiger partial charge in [-0.3, -0.25) is 9.59 Å². The van der Waals surface area contributed by atoms with Gasteiger partial charge in [-0.2, -0.15) is 0 Å². The van der Waals surface area contributed by atoms with Gasteiger partial charge >= 0.3 is 6.41 Å². The predicted molar refractivity (Wildman–Crippen MR) is 40.7 cm³/mol. The Kier molecular flexibility index (Phi) is 2.38. The molecule has 1 rings (SSSR count). The second-order valence-electron chi connectivity index (χ2n) is 1.90. The molecule has 0 aromatic heterocycles. The van der Waals surface area contributed by atoms with E-state index in [0.717, 1.165) is 4.90 Å². The maximum atomic E-state index is 10.2. The molecule has 1 aromatic rings. The van der Waals surface area contributed by atoms with Crippen LogP contribution in [0.2, 0.25) is 0 Å². The molecule has 0 saturated heterocycles. The van der Waals surface area contributed by atoms with E-state index in [2.05, 4.69) is 0 Å². The summed E-state index contributed by atoms with van der Waals surface area (Å²) in [7, 11) is 0. The number of rotatable bonds is 3. The van der Waals surface area contributed by atoms with Crippen LogP contribution in [0.3, 0.4) is 0 Å². The number of para-hydroxylation sites is 1. The Labute approximate surface area is 64.2 Å². The van der Waals surface area contributed by atoms with Crippen molar-refractivity contribution in [3.05, 3.63) is 30.3 Å². The molecule has 1 radical (unpaired) electrons. The van der Waals surface area contributed by atoms with Crippen LogP contribution in [-0.2, 0) is 9.59 Å². The SMILES string of the molecule is O=[C]N(C=O)c1ccccc1. The summed E-state index contributed by atoms with van der Waals surface area (Å²) in [6.45, 7) is 0. The Morgan fingerprint density at radius 2 is 1.91 bits per heavy atom. The number of nitrogens with zero attached hydrogens (tertiary/aromatic N) is 1. The number of imide groups is 1. The summed E-state index contributed by atoms with van der Waals surface area (Å²) in [5.74, 6) is 0. The average Bonchev–Trinajstić information content (AvgIpc) is 2.09. The van der Waals surface area contributed by atoms with Crippen molar-refractivity contribution in [3.63, 3.8) is 0 Å². The van der Waals surface area contributed by atoms with Crippen LogP contribution < -0.4 is 4.90 Å². The molecular formula is C8H6NO2. The van der Waals surface area contributed by atoms with Gasteiger partial charge in [0.2, 0.25) is 6.41 Å². The molecule has 3 heteroatoms. The van der Waals surface area contributed by atoms with E-state index >= 15 is 0 Å². The van der Waals surface area contributed by atoms with E-state index in [0.29, 0.717) is 12.1 Å². The molecule has 0 aliphatic heterocycles. The fourth-order valence-electron chi connectivity index (χ4n) is 0.724. The Hall–Kier alpha value is -1.64. The van der Waals surface area contributed by atoms with E-state index in [4.69, 9.17) is 0 Å². The van der Waals surface area contributed by atoms with Gasteiger partial charge in [0, 0.05) is 0 Å². The summed E-state index contributed by atoms with van der Waals surface area (Å²) in [5.41, 5.74) is 0.525. The first kappa shape index (κ1) is 7.47. The van der Waals surface area contributed by atoms with Crippen molar-refractivity contribution in [1.29, 1.82) is 0 Å². The maximum Gasteiger partial charge on any atom is 0.323 e. The van der Waals surface area contributed by atoms with Crippen molar-refractivity contribution < 1.29 is 9.59 Å². The molecule has 2 amide bonds. The molecule has 11 heavy (non-hydrogen) atoms. The zero-order valence-electron chi connectivity index (χ0n) is 5.73. The zero-order valence-corrected chi connectivity index (χ0v) is 5.73. The Balaban J connectivity index is 2.90. The number of anilines is 1. The molecule has 1 aromatic carbocycles. The van der Waals surface area contributed by atoms with Crippen molar-refractivity contribution in [1.82, 2.24) is 0 Å². The lowest BCUT2D eigenvalue weighted by molar-refractivity contribution is -0.106. The Morgan fingerprint density at radius 1 is 1.27 bits per heavy atom. The molecule has 0 spiro atoms. The van der Waals surface area contributed by atoms with Gasteiger partial charge < -0.3 is 0 Å². The van der Waals surface area contributed by atoms with Crippen molar-refractivity contribution in [2.24, 2.45) is 0 Å². The quantitative estimate of drug-likeness (QED) is 0.467. The van der Waals surface area contributed by atoms with Crippen LogP contribution in [0, 0.1) is 0 Å². The first-order chi connectivity index (χ1) is 5.38. The second-order valence-corrected chi connectivity index (χ2v) is 1.90. The van der Waals surface area contributed by atoms with Crippen LogP contribution in [0.5, 0.6) is 0 Å². The molecule has 55 valence electrons. The van der Waals surface area contributed by atoms with Crippen molar-refractivity contribution in [2.45, 2.75) is 0 Å². The number of hydrogen-bond acceptors (Lipinski definition) is 2. The molecule has 0 aliphatic rings. The minimum atomic E-state index is 0.419. The molecule has 0 fully saturated rings. The van der Waals surface area contributed by atoms with E-state index in [-0.39, 0.29) is 0 Å². The second kappa shape index (κ2) is 3.51. The molecule has 0 heterocycles. The number of carbonyl (C=O) groups excluding carboxylic acids is 2. The molecule has 0 unspecified atom stereocenters. The highest BCUT2D eigenvalue weighted by Gasteiger charge is 2.00. The topological polar surface area (TPSA) is 37.4 Å². The van der Waals surface area contributed by atoms with Crippen LogP contribution in [0.15, 0.2) is 30.3 Å². The fraction of sp³-hybridized carbons (Fsp3) is 0. The van der Waals surface area contributed by atoms with Crippen LogP contribution in [0.25, 0.3) is 0 Å². The average molecular weight is 148 g/mol. The summed E-state index contributed by atoms with van der Waals surface area (Å²) in [6, 6.07) is 8.59. The Bertz CT molecular complexity index is 238. The summed E-state index contributed by atoms with van der Waals surface area (Å²) in [4.78, 5) is 21.2. The molecule has 0 aliphatic carbocycles. The number of hydrogen-bond donors (Lipinski definition) is 0. The van der Waals surface area contributed by atoms with Gasteiger partial charge in [-0.15, -0.1) is 0 Å². The third kappa shape index (κ3) is 1.64. The van der Waals surface area contributed by atoms with Gasteiger partial charge in [-0.05, 0) is 12.1 Å². The van der Waals surface area contributed by atoms with Gasteiger partial charge in [-0.25, -0.2) is 4.90 Å². The first-order valence-electron chi connectivity index (χ1n) is 3.06. The lowest BCUT2D eigenvalue weighted by Crippen LogP contribution is -2.17. The van der Waals surface area contributed by atoms with Crippen molar-refractivity contribution in [3.8, 4) is 0 Å². The first-order valence-corrected chi connectivity index (χ1v) is 3.06. The van der Waals surface area contributed by atoms with Crippen LogP contribution in [-0.4, -0.2) is 12.8 Å². The fourth-order valence-corrected chi connectivity index (χ4v) is 0.724. The number of benzene rings is 1. The number of carbonyl (C=O) groups is 1. The van der Waals surface area contributed by atoms with E-state index < -0.39 is 0 Å². The van der Waals surface area contributed by atoms with E-state index in [1.807, 2.05) is 0 Å². The highest BCUT2D eigenvalue weighted by molar-refractivity contribution is 5.95. The third-order valence-corrected chi connectivity index (χ3v) is 1.24. The van der Waals surface area contributed by atoms with Crippen LogP contribution >= 0.6 is 0 Å². The minimum absolute atomic E-state index is 0.419. The van der Waals surface area contributed by atoms with E-state index in [9.17, 15) is 9.59 Å². The zero-order chi connectivity index (χ0) is 8.10. The standard InChI is InChI=1S/C8H6NO2/c10-6-9(7-11)8-4-2-1-3-5-8/h1-6H. The van der Waals surface area contributed by atoms with Crippen molar-refractivity contribution in [2.75, 3.05) is 4.90 Å². The predicted octanol–water partition coefficient (Wildman–Crippen LogP) is 0.717. The van der Waals surface area contributed by atoms with Crippen molar-refractivity contribution >= 4 is 18.5 Å². The smallest absolute Gasteiger partial charge is 0.278 e. The van der Waals surface area contributed by atoms with Gasteiger partial charge in [0.15, 0.2) is 0 Å². The molecule has 0 saturated carbocycles. The van der Waals surface area contributed by atoms with Gasteiger partial charge in [-0.1, -0.05) is 18.2 Å². The lowest BCUT2D eigenvalue weighted by Gasteiger charge is -2.05. The van der Waals surface area contributed by atoms with Crippen LogP contribution in [0.1, 0.15) is 0 Å². The summed E-state index contributed by atoms with van der Waals surface area (Å²) in [5, 5.41) is 0. The molecule has 0 N–H and O–H groups in total. The maximum absolute atomic E-state index is 10.2. The number of amides is 2. The highest BCUT2D eigenvalue weighted by atomic mass is 16.2. The third-order valence-electron chi connectivity index (χ3n) is 1.24. The lowest BCUT2D eigenvalue weighted by atomic mass is 10.3. The molecule has 3 nitrogen and oxygen atoms in total. The van der Waals surface area contributed by atoms with E-state index in [1.165, 1.54) is 6.41 Å². The summed E-state index contributed by atoms with van der Waals surface area (Å²) >= 11 is 0. The summed E-state index contributed by atoms with van der Waals surface area (Å²) < 4.78 is 0. The summed E-state index contributed by atoms with van der Waals surface area (Å²) in [6.07, 6.45) is 1.90. The largest absolute Gasteiger partial charge is 0.323 e. The normalized spacial score (nSPS) is 8.73.